The average molecular weight is 593 g/mol. The second-order valence-corrected chi connectivity index (χ2v) is 0.141. The molecule has 0 amide bonds. The van der Waals surface area contributed by atoms with Crippen LogP contribution in [-0.2, 0) is 49.8 Å². The Morgan fingerprint density at radius 1 is 0.769 bits per heavy atom. The summed E-state index contributed by atoms with van der Waals surface area (Å²) in [5.74, 6) is 0. The van der Waals surface area contributed by atoms with Crippen molar-refractivity contribution in [3.63, 3.8) is 0 Å². The summed E-state index contributed by atoms with van der Waals surface area (Å²) in [7, 11) is 0. The maximum atomic E-state index is 7.75. The summed E-state index contributed by atoms with van der Waals surface area (Å²) >= 11 is 0. The fraction of sp³-hybridized carbons (Fsp3) is 0.333. The normalized spacial score (nSPS) is 2.00. The number of aliphatic hydroxyl groups excluding tert-OH is 1. The topological polar surface area (TPSA) is 142 Å². The van der Waals surface area contributed by atoms with Gasteiger partial charge < -0.3 is 32.1 Å². The summed E-state index contributed by atoms with van der Waals surface area (Å²) in [5, 5.41) is 14.2. The van der Waals surface area contributed by atoms with Gasteiger partial charge in [-0.15, -0.1) is 0 Å². The minimum Gasteiger partial charge on any atom is -0.693 e. The number of rotatable bonds is 0. The first kappa shape index (κ1) is 89.5. The smallest absolute Gasteiger partial charge is 0.693 e. The first-order valence-corrected chi connectivity index (χ1v) is 1.10. The van der Waals surface area contributed by atoms with Gasteiger partial charge in [0.15, 0.2) is 0 Å². The zero-order valence-corrected chi connectivity index (χ0v) is 14.8. The van der Waals surface area contributed by atoms with E-state index in [1.54, 1.807) is 0 Å². The van der Waals surface area contributed by atoms with Crippen LogP contribution in [0.4, 0.5) is 0 Å². The summed E-state index contributed by atoms with van der Waals surface area (Å²) in [6.45, 7) is 5.75. The molecular formula is C3H18Ir2N2O4P2. The number of nitrogens with two attached hydrogens (primary N) is 2. The standard InChI is InChI=1S/CH4O2.2CHO.2Ir.2H2N.2H3P.2H/c2-1-3;2*1-2;;;;;;;;/h2-3H,1H2;2*1H;;;2*1H2;2*1H3;;/q;2*-1;2*+2;2*-1;;;;. The largest absolute Gasteiger partial charge is 0.693 e. The molecule has 2 unspecified atom stereocenters. The molecule has 0 aliphatic rings. The van der Waals surface area contributed by atoms with Crippen molar-refractivity contribution in [2.45, 2.75) is 0 Å². The van der Waals surface area contributed by atoms with E-state index in [9.17, 15) is 0 Å². The third-order valence-electron chi connectivity index (χ3n) is 0. The number of carbonyl (C=O) groups excluding carboxylic acids is 2. The number of hydrogen-bond donors (Lipinski definition) is 2. The molecule has 10 heteroatoms. The van der Waals surface area contributed by atoms with Crippen LogP contribution in [0.1, 0.15) is 0 Å². The Morgan fingerprint density at radius 2 is 0.769 bits per heavy atom. The predicted octanol–water partition coefficient (Wildman–Crippen LogP) is -0.610. The summed E-state index contributed by atoms with van der Waals surface area (Å²) in [4.78, 5) is 15.5. The van der Waals surface area contributed by atoms with Crippen LogP contribution in [0, 0.1) is 0 Å². The Labute approximate surface area is 112 Å². The summed E-state index contributed by atoms with van der Waals surface area (Å²) < 4.78 is 0. The monoisotopic (exact) mass is 594 g/mol. The van der Waals surface area contributed by atoms with Gasteiger partial charge in [-0.2, -0.15) is 19.8 Å². The van der Waals surface area contributed by atoms with Crippen LogP contribution in [-0.4, -0.2) is 30.6 Å². The molecule has 0 fully saturated rings. The Hall–Kier alpha value is 1.34. The van der Waals surface area contributed by atoms with Crippen LogP contribution in [0.3, 0.4) is 0 Å². The second-order valence-electron chi connectivity index (χ2n) is 0.141. The van der Waals surface area contributed by atoms with Crippen LogP contribution >= 0.6 is 19.8 Å². The van der Waals surface area contributed by atoms with Gasteiger partial charge in [-0.3, -0.25) is 13.6 Å². The zero-order valence-electron chi connectivity index (χ0n) is 6.85. The van der Waals surface area contributed by atoms with Crippen molar-refractivity contribution in [3.8, 4) is 0 Å². The van der Waals surface area contributed by atoms with Crippen molar-refractivity contribution in [1.29, 1.82) is 0 Å². The molecular weight excluding hydrogens is 574 g/mol. The minimum atomic E-state index is -0.750. The molecule has 0 aromatic heterocycles. The summed E-state index contributed by atoms with van der Waals surface area (Å²) in [5.41, 5.74) is 0. The third-order valence-corrected chi connectivity index (χ3v) is 0. The molecule has 2 radical (unpaired) electrons. The summed E-state index contributed by atoms with van der Waals surface area (Å²) in [6.07, 6.45) is 0. The van der Waals surface area contributed by atoms with Crippen LogP contribution in [0.5, 0.6) is 0 Å². The first-order chi connectivity index (χ1) is 3.41. The minimum absolute atomic E-state index is 0. The molecule has 0 bridgehead atoms. The van der Waals surface area contributed by atoms with E-state index in [0.717, 1.165) is 0 Å². The van der Waals surface area contributed by atoms with Gasteiger partial charge in [0.25, 0.3) is 0 Å². The average Bonchev–Trinajstić information content (AvgIpc) is 1.78. The molecule has 92 valence electrons. The maximum Gasteiger partial charge on any atom is -0.693 e. The van der Waals surface area contributed by atoms with Crippen LogP contribution in [0.15, 0.2) is 0 Å². The van der Waals surface area contributed by atoms with Crippen molar-refractivity contribution in [3.05, 3.63) is 12.3 Å². The fourth-order valence-corrected chi connectivity index (χ4v) is 0. The molecule has 6 N–H and O–H groups in total. The van der Waals surface area contributed by atoms with Crippen molar-refractivity contribution in [2.24, 2.45) is 0 Å². The van der Waals surface area contributed by atoms with E-state index < -0.39 is 6.79 Å². The van der Waals surface area contributed by atoms with E-state index in [2.05, 4.69) is 13.6 Å². The number of hydrogen-bond acceptors (Lipinski definition) is 4. The van der Waals surface area contributed by atoms with Gasteiger partial charge in [-0.1, -0.05) is 0 Å². The predicted molar refractivity (Wildman–Crippen MR) is 58.4 cm³/mol. The molecule has 0 saturated carbocycles. The van der Waals surface area contributed by atoms with E-state index in [1.165, 1.54) is 0 Å². The van der Waals surface area contributed by atoms with Gasteiger partial charge in [0.05, 0.1) is 0 Å². The Balaban J connectivity index is -0.00000000218. The molecule has 0 heterocycles. The first-order valence-electron chi connectivity index (χ1n) is 1.10. The van der Waals surface area contributed by atoms with Crippen LogP contribution < -0.4 is 0 Å². The molecule has 0 aliphatic carbocycles. The van der Waals surface area contributed by atoms with Crippen LogP contribution in [0.2, 0.25) is 0 Å². The zero-order chi connectivity index (χ0) is 6.71. The third kappa shape index (κ3) is 957. The Bertz CT molecular complexity index is 36.9. The maximum absolute atomic E-state index is 7.75. The van der Waals surface area contributed by atoms with Crippen molar-refractivity contribution in [1.82, 2.24) is 0 Å². The van der Waals surface area contributed by atoms with Gasteiger partial charge in [0.1, 0.15) is 6.79 Å². The molecule has 13 heavy (non-hydrogen) atoms. The van der Waals surface area contributed by atoms with E-state index in [0.29, 0.717) is 0 Å². The van der Waals surface area contributed by atoms with E-state index >= 15 is 0 Å². The molecule has 0 saturated heterocycles. The van der Waals surface area contributed by atoms with Gasteiger partial charge in [-0.25, -0.2) is 0 Å². The Morgan fingerprint density at radius 3 is 0.769 bits per heavy atom. The molecule has 0 aliphatic heterocycles. The Kier molecular flexibility index (Phi) is 2560. The van der Waals surface area contributed by atoms with Crippen LogP contribution in [0.25, 0.3) is 12.3 Å². The molecule has 0 aromatic rings. The van der Waals surface area contributed by atoms with Gasteiger partial charge in [-0.05, 0) is 0 Å². The fourth-order valence-electron chi connectivity index (χ4n) is 0. The molecule has 0 aromatic carbocycles. The van der Waals surface area contributed by atoms with Gasteiger partial charge in [0.2, 0.25) is 0 Å². The molecule has 0 rings (SSSR count). The van der Waals surface area contributed by atoms with E-state index in [-0.39, 0.29) is 72.3 Å². The number of aliphatic hydroxyl groups is 2. The van der Waals surface area contributed by atoms with Gasteiger partial charge >= 0.3 is 40.2 Å². The molecule has 0 spiro atoms. The summed E-state index contributed by atoms with van der Waals surface area (Å²) in [6, 6.07) is 0. The van der Waals surface area contributed by atoms with Gasteiger partial charge in [0, 0.05) is 0 Å². The van der Waals surface area contributed by atoms with Crippen molar-refractivity contribution < 1.29 is 60.0 Å². The second kappa shape index (κ2) is 371. The SMILES string of the molecule is OCO.P.P.[CH-]=O.[CH-]=O.[IrH+2].[IrH+2].[NH2-].[NH2-]. The van der Waals surface area contributed by atoms with Crippen molar-refractivity contribution >= 4 is 33.4 Å². The van der Waals surface area contributed by atoms with E-state index in [4.69, 9.17) is 19.8 Å². The molecule has 2 atom stereocenters. The molecule has 6 nitrogen and oxygen atoms in total. The van der Waals surface area contributed by atoms with Crippen molar-refractivity contribution in [2.75, 3.05) is 6.79 Å². The quantitative estimate of drug-likeness (QED) is 0.168. The van der Waals surface area contributed by atoms with E-state index in [1.807, 2.05) is 0 Å².